The number of ether oxygens (including phenoxy) is 3. The first-order valence-corrected chi connectivity index (χ1v) is 12.6. The number of carbonyl (C=O) groups is 4. The first kappa shape index (κ1) is 29.9. The summed E-state index contributed by atoms with van der Waals surface area (Å²) in [5.41, 5.74) is 1.18. The van der Waals surface area contributed by atoms with Crippen LogP contribution in [-0.4, -0.2) is 86.4 Å². The van der Waals surface area contributed by atoms with Crippen molar-refractivity contribution in [3.8, 4) is 0 Å². The van der Waals surface area contributed by atoms with Crippen molar-refractivity contribution in [2.75, 3.05) is 34.0 Å². The van der Waals surface area contributed by atoms with Crippen LogP contribution in [-0.2, 0) is 35.0 Å². The summed E-state index contributed by atoms with van der Waals surface area (Å²) in [6.45, 7) is 5.25. The fraction of sp³-hybridized carbons (Fsp3) is 0.519. The van der Waals surface area contributed by atoms with Gasteiger partial charge in [0.05, 0.1) is 25.9 Å². The lowest BCUT2D eigenvalue weighted by Crippen LogP contribution is -2.58. The van der Waals surface area contributed by atoms with Crippen molar-refractivity contribution in [2.45, 2.75) is 57.3 Å². The number of Topliss-reactive ketones (excluding diaryl/α,β-unsaturated/α-hetero) is 1. The summed E-state index contributed by atoms with van der Waals surface area (Å²) in [5.74, 6) is -1.73. The van der Waals surface area contributed by atoms with Gasteiger partial charge in [-0.15, -0.1) is 0 Å². The van der Waals surface area contributed by atoms with E-state index in [0.717, 1.165) is 11.1 Å². The molecule has 1 aliphatic rings. The molecular formula is C27H36N4O8. The zero-order chi connectivity index (χ0) is 28.6. The van der Waals surface area contributed by atoms with E-state index in [1.54, 1.807) is 13.8 Å². The quantitative estimate of drug-likeness (QED) is 0.273. The molecule has 1 aliphatic heterocycles. The Labute approximate surface area is 227 Å². The molecule has 1 fully saturated rings. The van der Waals surface area contributed by atoms with E-state index in [-0.39, 0.29) is 31.3 Å². The molecule has 0 aliphatic carbocycles. The van der Waals surface area contributed by atoms with Crippen molar-refractivity contribution in [1.29, 1.82) is 0 Å². The molecule has 0 spiro atoms. The second-order valence-corrected chi connectivity index (χ2v) is 9.79. The van der Waals surface area contributed by atoms with Crippen LogP contribution in [0.15, 0.2) is 34.9 Å². The van der Waals surface area contributed by atoms with Gasteiger partial charge >= 0.3 is 0 Å². The van der Waals surface area contributed by atoms with Crippen LogP contribution in [0.4, 0.5) is 0 Å². The highest BCUT2D eigenvalue weighted by Crippen LogP contribution is 2.29. The average Bonchev–Trinajstić information content (AvgIpc) is 3.50. The Morgan fingerprint density at radius 3 is 2.13 bits per heavy atom. The summed E-state index contributed by atoms with van der Waals surface area (Å²) >= 11 is 0. The standard InChI is InChI=1S/C27H36N4O8/c1-16-7-6-8-18(11-16)9-10-19(23(32)27(3)15-38-27)28-25(34)21(13-36-4)30-26(35)22(14-37-5)29-24(33)20-12-17(2)39-31-20/h6-8,11-12,19,21-22H,9-10,13-15H2,1-5H3,(H,28,34)(H,29,33)(H,30,35)/t19-,21-,22-,27+/m0/s1. The third kappa shape index (κ3) is 8.44. The van der Waals surface area contributed by atoms with E-state index < -0.39 is 41.4 Å². The zero-order valence-corrected chi connectivity index (χ0v) is 22.9. The summed E-state index contributed by atoms with van der Waals surface area (Å²) in [6.07, 6.45) is 0.902. The second-order valence-electron chi connectivity index (χ2n) is 9.79. The Morgan fingerprint density at radius 1 is 0.974 bits per heavy atom. The van der Waals surface area contributed by atoms with Crippen molar-refractivity contribution in [3.63, 3.8) is 0 Å². The molecule has 12 heteroatoms. The Hall–Kier alpha value is -3.61. The van der Waals surface area contributed by atoms with Gasteiger partial charge in [-0.25, -0.2) is 0 Å². The topological polar surface area (TPSA) is 161 Å². The van der Waals surface area contributed by atoms with Gasteiger partial charge in [0, 0.05) is 20.3 Å². The van der Waals surface area contributed by atoms with E-state index in [0.29, 0.717) is 18.6 Å². The Kier molecular flexibility index (Phi) is 10.3. The predicted octanol–water partition coefficient (Wildman–Crippen LogP) is 0.643. The molecule has 1 aromatic heterocycles. The summed E-state index contributed by atoms with van der Waals surface area (Å²) < 4.78 is 20.5. The largest absolute Gasteiger partial charge is 0.382 e. The van der Waals surface area contributed by atoms with Crippen LogP contribution in [0.1, 0.15) is 40.7 Å². The van der Waals surface area contributed by atoms with E-state index in [9.17, 15) is 19.2 Å². The molecule has 212 valence electrons. The summed E-state index contributed by atoms with van der Waals surface area (Å²) in [4.78, 5) is 52.0. The molecule has 2 aromatic rings. The number of epoxide rings is 1. The highest BCUT2D eigenvalue weighted by atomic mass is 16.6. The van der Waals surface area contributed by atoms with Crippen LogP contribution in [0.5, 0.6) is 0 Å². The monoisotopic (exact) mass is 544 g/mol. The number of aryl methyl sites for hydroxylation is 3. The number of aromatic nitrogens is 1. The van der Waals surface area contributed by atoms with Crippen LogP contribution in [0.3, 0.4) is 0 Å². The van der Waals surface area contributed by atoms with E-state index >= 15 is 0 Å². The predicted molar refractivity (Wildman–Crippen MR) is 139 cm³/mol. The van der Waals surface area contributed by atoms with E-state index in [1.807, 2.05) is 31.2 Å². The van der Waals surface area contributed by atoms with Crippen molar-refractivity contribution in [2.24, 2.45) is 0 Å². The molecule has 1 aromatic carbocycles. The van der Waals surface area contributed by atoms with Gasteiger partial charge < -0.3 is 34.7 Å². The number of hydrogen-bond acceptors (Lipinski definition) is 9. The van der Waals surface area contributed by atoms with Gasteiger partial charge in [0.1, 0.15) is 23.4 Å². The van der Waals surface area contributed by atoms with Crippen LogP contribution < -0.4 is 16.0 Å². The van der Waals surface area contributed by atoms with Crippen LogP contribution in [0.25, 0.3) is 0 Å². The van der Waals surface area contributed by atoms with Gasteiger partial charge in [-0.2, -0.15) is 0 Å². The number of nitrogens with one attached hydrogen (secondary N) is 3. The SMILES string of the molecule is COC[C@H](NC(=O)c1cc(C)on1)C(=O)N[C@@H](COC)C(=O)N[C@@H](CCc1cccc(C)c1)C(=O)[C@@]1(C)CO1. The normalized spacial score (nSPS) is 18.5. The number of nitrogens with zero attached hydrogens (tertiary/aromatic N) is 1. The number of carbonyl (C=O) groups excluding carboxylic acids is 4. The molecule has 0 bridgehead atoms. The molecule has 1 saturated heterocycles. The van der Waals surface area contributed by atoms with E-state index in [4.69, 9.17) is 18.7 Å². The van der Waals surface area contributed by atoms with Gasteiger partial charge in [0.2, 0.25) is 11.8 Å². The van der Waals surface area contributed by atoms with Gasteiger partial charge in [0.15, 0.2) is 11.5 Å². The van der Waals surface area contributed by atoms with Gasteiger partial charge in [-0.05, 0) is 39.2 Å². The molecule has 2 heterocycles. The highest BCUT2D eigenvalue weighted by molar-refractivity contribution is 5.99. The molecule has 3 rings (SSSR count). The molecule has 0 saturated carbocycles. The zero-order valence-electron chi connectivity index (χ0n) is 22.9. The maximum atomic E-state index is 13.3. The molecule has 39 heavy (non-hydrogen) atoms. The molecular weight excluding hydrogens is 508 g/mol. The lowest BCUT2D eigenvalue weighted by molar-refractivity contribution is -0.134. The first-order valence-electron chi connectivity index (χ1n) is 12.6. The smallest absolute Gasteiger partial charge is 0.274 e. The van der Waals surface area contributed by atoms with Gasteiger partial charge in [-0.1, -0.05) is 35.0 Å². The highest BCUT2D eigenvalue weighted by Gasteiger charge is 2.50. The third-order valence-corrected chi connectivity index (χ3v) is 6.32. The fourth-order valence-corrected chi connectivity index (χ4v) is 4.02. The number of amides is 3. The second kappa shape index (κ2) is 13.5. The van der Waals surface area contributed by atoms with E-state index in [2.05, 4.69) is 21.1 Å². The van der Waals surface area contributed by atoms with Crippen LogP contribution >= 0.6 is 0 Å². The number of hydrogen-bond donors (Lipinski definition) is 3. The maximum Gasteiger partial charge on any atom is 0.274 e. The molecule has 0 unspecified atom stereocenters. The molecule has 3 amide bonds. The number of benzene rings is 1. The number of rotatable bonds is 15. The maximum absolute atomic E-state index is 13.3. The van der Waals surface area contributed by atoms with Crippen molar-refractivity contribution in [3.05, 3.63) is 52.9 Å². The van der Waals surface area contributed by atoms with Crippen molar-refractivity contribution >= 4 is 23.5 Å². The lowest BCUT2D eigenvalue weighted by atomic mass is 9.94. The minimum Gasteiger partial charge on any atom is -0.382 e. The lowest BCUT2D eigenvalue weighted by Gasteiger charge is -2.25. The summed E-state index contributed by atoms with van der Waals surface area (Å²) in [7, 11) is 2.75. The first-order chi connectivity index (χ1) is 18.6. The molecule has 12 nitrogen and oxygen atoms in total. The van der Waals surface area contributed by atoms with Crippen LogP contribution in [0, 0.1) is 13.8 Å². The minimum atomic E-state index is -1.14. The molecule has 4 atom stereocenters. The fourth-order valence-electron chi connectivity index (χ4n) is 4.02. The van der Waals surface area contributed by atoms with Gasteiger partial charge in [0.25, 0.3) is 5.91 Å². The van der Waals surface area contributed by atoms with Crippen LogP contribution in [0.2, 0.25) is 0 Å². The Bertz CT molecular complexity index is 1180. The van der Waals surface area contributed by atoms with Crippen molar-refractivity contribution < 1.29 is 37.9 Å². The third-order valence-electron chi connectivity index (χ3n) is 6.32. The number of methoxy groups -OCH3 is 2. The average molecular weight is 545 g/mol. The summed E-state index contributed by atoms with van der Waals surface area (Å²) in [5, 5.41) is 11.5. The minimum absolute atomic E-state index is 0.00154. The summed E-state index contributed by atoms with van der Waals surface area (Å²) in [6, 6.07) is 6.22. The number of ketones is 1. The molecule has 3 N–H and O–H groups in total. The van der Waals surface area contributed by atoms with Gasteiger partial charge in [-0.3, -0.25) is 19.2 Å². The molecule has 0 radical (unpaired) electrons. The Morgan fingerprint density at radius 2 is 1.59 bits per heavy atom. The van der Waals surface area contributed by atoms with Crippen molar-refractivity contribution in [1.82, 2.24) is 21.1 Å². The van der Waals surface area contributed by atoms with E-state index in [1.165, 1.54) is 20.3 Å². The Balaban J connectivity index is 1.69.